The van der Waals surface area contributed by atoms with Gasteiger partial charge in [0.15, 0.2) is 0 Å². The molecule has 1 saturated heterocycles. The molecule has 1 aromatic heterocycles. The maximum atomic E-state index is 12.9. The molecule has 4 heteroatoms. The van der Waals surface area contributed by atoms with Crippen LogP contribution < -0.4 is 0 Å². The van der Waals surface area contributed by atoms with E-state index < -0.39 is 5.95 Å². The Bertz CT molecular complexity index is 394. The van der Waals surface area contributed by atoms with Gasteiger partial charge in [-0.25, -0.2) is 4.98 Å². The molecule has 2 heterocycles. The van der Waals surface area contributed by atoms with Crippen molar-refractivity contribution in [2.24, 2.45) is 5.92 Å². The number of rotatable bonds is 1. The molecule has 1 fully saturated rings. The molecule has 2 rings (SSSR count). The lowest BCUT2D eigenvalue weighted by Gasteiger charge is -2.30. The van der Waals surface area contributed by atoms with Crippen LogP contribution in [-0.2, 0) is 0 Å². The lowest BCUT2D eigenvalue weighted by Crippen LogP contribution is -2.39. The van der Waals surface area contributed by atoms with Crippen molar-refractivity contribution < 1.29 is 9.18 Å². The summed E-state index contributed by atoms with van der Waals surface area (Å²) in [5.41, 5.74) is 0.390. The van der Waals surface area contributed by atoms with Crippen LogP contribution >= 0.6 is 0 Å². The van der Waals surface area contributed by atoms with E-state index in [2.05, 4.69) is 11.9 Å². The average Bonchev–Trinajstić information content (AvgIpc) is 2.28. The third-order valence-electron chi connectivity index (χ3n) is 2.92. The van der Waals surface area contributed by atoms with E-state index in [4.69, 9.17) is 0 Å². The molecule has 0 saturated carbocycles. The summed E-state index contributed by atoms with van der Waals surface area (Å²) < 4.78 is 12.9. The van der Waals surface area contributed by atoms with Gasteiger partial charge in [-0.1, -0.05) is 6.92 Å². The van der Waals surface area contributed by atoms with Crippen molar-refractivity contribution in [3.05, 3.63) is 29.8 Å². The number of carbonyl (C=O) groups is 1. The van der Waals surface area contributed by atoms with E-state index in [-0.39, 0.29) is 5.91 Å². The first-order valence-corrected chi connectivity index (χ1v) is 5.57. The molecule has 0 aromatic carbocycles. The Morgan fingerprint density at radius 1 is 1.62 bits per heavy atom. The number of nitrogens with zero attached hydrogens (tertiary/aromatic N) is 2. The summed E-state index contributed by atoms with van der Waals surface area (Å²) >= 11 is 0. The fourth-order valence-corrected chi connectivity index (χ4v) is 2.09. The maximum absolute atomic E-state index is 12.9. The van der Waals surface area contributed by atoms with Gasteiger partial charge in [-0.05, 0) is 24.8 Å². The molecule has 1 aliphatic rings. The smallest absolute Gasteiger partial charge is 0.254 e. The van der Waals surface area contributed by atoms with Gasteiger partial charge in [0.1, 0.15) is 0 Å². The van der Waals surface area contributed by atoms with Crippen LogP contribution in [0.4, 0.5) is 4.39 Å². The van der Waals surface area contributed by atoms with Crippen molar-refractivity contribution in [3.8, 4) is 0 Å². The molecular formula is C12H15FN2O. The number of halogens is 1. The Morgan fingerprint density at radius 2 is 2.44 bits per heavy atom. The summed E-state index contributed by atoms with van der Waals surface area (Å²) in [6.07, 6.45) is 3.52. The minimum absolute atomic E-state index is 0.0900. The first-order valence-electron chi connectivity index (χ1n) is 5.57. The second kappa shape index (κ2) is 4.60. The van der Waals surface area contributed by atoms with E-state index in [0.29, 0.717) is 11.5 Å². The summed E-state index contributed by atoms with van der Waals surface area (Å²) in [6.45, 7) is 3.67. The number of piperidine rings is 1. The van der Waals surface area contributed by atoms with Crippen LogP contribution in [0.1, 0.15) is 30.1 Å². The first kappa shape index (κ1) is 11.0. The predicted octanol–water partition coefficient (Wildman–Crippen LogP) is 2.09. The van der Waals surface area contributed by atoms with Crippen LogP contribution in [0.3, 0.4) is 0 Å². The number of hydrogen-bond donors (Lipinski definition) is 0. The monoisotopic (exact) mass is 222 g/mol. The Balaban J connectivity index is 2.12. The van der Waals surface area contributed by atoms with Crippen LogP contribution in [0.15, 0.2) is 18.3 Å². The maximum Gasteiger partial charge on any atom is 0.254 e. The van der Waals surface area contributed by atoms with E-state index in [1.807, 2.05) is 0 Å². The third-order valence-corrected chi connectivity index (χ3v) is 2.92. The second-order valence-corrected chi connectivity index (χ2v) is 4.37. The lowest BCUT2D eigenvalue weighted by atomic mass is 10.00. The van der Waals surface area contributed by atoms with Gasteiger partial charge in [-0.3, -0.25) is 4.79 Å². The molecule has 0 unspecified atom stereocenters. The molecule has 3 nitrogen and oxygen atoms in total. The van der Waals surface area contributed by atoms with Crippen molar-refractivity contribution in [1.29, 1.82) is 0 Å². The van der Waals surface area contributed by atoms with Crippen molar-refractivity contribution >= 4 is 5.91 Å². The summed E-state index contributed by atoms with van der Waals surface area (Å²) in [6, 6.07) is 2.76. The standard InChI is InChI=1S/C12H15FN2O/c1-9-3-2-6-15(8-9)12(16)10-4-5-14-11(13)7-10/h4-5,7,9H,2-3,6,8H2,1H3/t9-/m0/s1. The zero-order chi connectivity index (χ0) is 11.5. The predicted molar refractivity (Wildman–Crippen MR) is 58.5 cm³/mol. The number of pyridine rings is 1. The number of likely N-dealkylation sites (tertiary alicyclic amines) is 1. The van der Waals surface area contributed by atoms with Gasteiger partial charge in [0.2, 0.25) is 5.95 Å². The molecule has 0 aliphatic carbocycles. The minimum atomic E-state index is -0.601. The second-order valence-electron chi connectivity index (χ2n) is 4.37. The van der Waals surface area contributed by atoms with Crippen LogP contribution in [0.5, 0.6) is 0 Å². The molecular weight excluding hydrogens is 207 g/mol. The summed E-state index contributed by atoms with van der Waals surface area (Å²) in [5, 5.41) is 0. The van der Waals surface area contributed by atoms with Gasteiger partial charge in [0.05, 0.1) is 0 Å². The molecule has 0 spiro atoms. The fraction of sp³-hybridized carbons (Fsp3) is 0.500. The number of aromatic nitrogens is 1. The largest absolute Gasteiger partial charge is 0.338 e. The van der Waals surface area contributed by atoms with Crippen LogP contribution in [-0.4, -0.2) is 28.9 Å². The third kappa shape index (κ3) is 2.38. The molecule has 1 aromatic rings. The first-order chi connectivity index (χ1) is 7.66. The average molecular weight is 222 g/mol. The number of amides is 1. The highest BCUT2D eigenvalue weighted by molar-refractivity contribution is 5.94. The van der Waals surface area contributed by atoms with E-state index in [0.717, 1.165) is 25.9 Å². The minimum Gasteiger partial charge on any atom is -0.338 e. The molecule has 0 radical (unpaired) electrons. The molecule has 0 bridgehead atoms. The SMILES string of the molecule is C[C@H]1CCCN(C(=O)c2ccnc(F)c2)C1. The Hall–Kier alpha value is -1.45. The van der Waals surface area contributed by atoms with Gasteiger partial charge < -0.3 is 4.90 Å². The van der Waals surface area contributed by atoms with Gasteiger partial charge >= 0.3 is 0 Å². The molecule has 86 valence electrons. The summed E-state index contributed by atoms with van der Waals surface area (Å²) in [5.74, 6) is -0.159. The number of carbonyl (C=O) groups excluding carboxylic acids is 1. The fourth-order valence-electron chi connectivity index (χ4n) is 2.09. The Labute approximate surface area is 94.3 Å². The van der Waals surface area contributed by atoms with E-state index in [9.17, 15) is 9.18 Å². The van der Waals surface area contributed by atoms with Crippen LogP contribution in [0.25, 0.3) is 0 Å². The summed E-state index contributed by atoms with van der Waals surface area (Å²) in [4.78, 5) is 17.3. The van der Waals surface area contributed by atoms with Crippen molar-refractivity contribution in [1.82, 2.24) is 9.88 Å². The van der Waals surface area contributed by atoms with Gasteiger partial charge in [-0.15, -0.1) is 0 Å². The Kier molecular flexibility index (Phi) is 3.17. The molecule has 1 aliphatic heterocycles. The quantitative estimate of drug-likeness (QED) is 0.682. The van der Waals surface area contributed by atoms with E-state index in [1.165, 1.54) is 12.3 Å². The molecule has 0 N–H and O–H groups in total. The van der Waals surface area contributed by atoms with Crippen LogP contribution in [0.2, 0.25) is 0 Å². The highest BCUT2D eigenvalue weighted by atomic mass is 19.1. The highest BCUT2D eigenvalue weighted by Crippen LogP contribution is 2.17. The molecule has 16 heavy (non-hydrogen) atoms. The molecule has 1 amide bonds. The molecule has 1 atom stereocenters. The zero-order valence-corrected chi connectivity index (χ0v) is 9.32. The van der Waals surface area contributed by atoms with Crippen molar-refractivity contribution in [2.45, 2.75) is 19.8 Å². The zero-order valence-electron chi connectivity index (χ0n) is 9.32. The van der Waals surface area contributed by atoms with Gasteiger partial charge in [-0.2, -0.15) is 4.39 Å². The van der Waals surface area contributed by atoms with Gasteiger partial charge in [0.25, 0.3) is 5.91 Å². The number of hydrogen-bond acceptors (Lipinski definition) is 2. The highest BCUT2D eigenvalue weighted by Gasteiger charge is 2.22. The van der Waals surface area contributed by atoms with Gasteiger partial charge in [0, 0.05) is 30.9 Å². The Morgan fingerprint density at radius 3 is 3.12 bits per heavy atom. The van der Waals surface area contributed by atoms with Crippen LogP contribution in [0, 0.1) is 11.9 Å². The lowest BCUT2D eigenvalue weighted by molar-refractivity contribution is 0.0682. The van der Waals surface area contributed by atoms with Crippen molar-refractivity contribution in [2.75, 3.05) is 13.1 Å². The topological polar surface area (TPSA) is 33.2 Å². The summed E-state index contributed by atoms with van der Waals surface area (Å²) in [7, 11) is 0. The van der Waals surface area contributed by atoms with E-state index >= 15 is 0 Å². The van der Waals surface area contributed by atoms with Crippen molar-refractivity contribution in [3.63, 3.8) is 0 Å². The normalized spacial score (nSPS) is 20.9. The van der Waals surface area contributed by atoms with E-state index in [1.54, 1.807) is 11.0 Å².